The molecule has 16 heavy (non-hydrogen) atoms. The molecule has 1 aliphatic rings. The molecule has 0 N–H and O–H groups in total. The van der Waals surface area contributed by atoms with Gasteiger partial charge in [-0.1, -0.05) is 16.1 Å². The molecule has 0 spiro atoms. The quantitative estimate of drug-likeness (QED) is 0.757. The molecule has 1 aliphatic heterocycles. The van der Waals surface area contributed by atoms with Gasteiger partial charge in [0.05, 0.1) is 6.61 Å². The van der Waals surface area contributed by atoms with Crippen molar-refractivity contribution in [1.29, 1.82) is 0 Å². The first-order chi connectivity index (χ1) is 7.62. The molecular weight excluding hydrogens is 252 g/mol. The Morgan fingerprint density at radius 2 is 2.25 bits per heavy atom. The Balaban J connectivity index is 2.35. The number of pyridine rings is 1. The van der Waals surface area contributed by atoms with E-state index in [9.17, 15) is 8.42 Å². The van der Waals surface area contributed by atoms with E-state index in [4.69, 9.17) is 16.4 Å². The first-order valence-electron chi connectivity index (χ1n) is 4.88. The van der Waals surface area contributed by atoms with Gasteiger partial charge >= 0.3 is 0 Å². The lowest BCUT2D eigenvalue weighted by Crippen LogP contribution is -2.35. The van der Waals surface area contributed by atoms with Crippen molar-refractivity contribution in [1.82, 2.24) is 9.45 Å². The zero-order valence-corrected chi connectivity index (χ0v) is 10.0. The average Bonchev–Trinajstić information content (AvgIpc) is 2.30. The molecule has 0 unspecified atom stereocenters. The predicted molar refractivity (Wildman–Crippen MR) is 58.3 cm³/mol. The summed E-state index contributed by atoms with van der Waals surface area (Å²) < 4.78 is 25.2. The van der Waals surface area contributed by atoms with Crippen LogP contribution >= 0.6 is 11.6 Å². The molecular formula is C9H11ClN2O3S. The number of hydrogen-bond donors (Lipinski definition) is 0. The molecule has 88 valence electrons. The monoisotopic (exact) mass is 262 g/mol. The van der Waals surface area contributed by atoms with Gasteiger partial charge in [-0.15, -0.1) is 0 Å². The van der Waals surface area contributed by atoms with Crippen LogP contribution < -0.4 is 0 Å². The predicted octanol–water partition coefficient (Wildman–Crippen LogP) is 1.45. The standard InChI is InChI=1S/C9H11ClN2O3S/c10-9-8(4-3-5-11-9)16(13,14)12-6-1-2-7-15-12/h3-5H,1-2,6-7H2. The summed E-state index contributed by atoms with van der Waals surface area (Å²) in [6, 6.07) is 2.95. The molecule has 0 amide bonds. The third-order valence-electron chi connectivity index (χ3n) is 2.24. The molecule has 0 saturated carbocycles. The van der Waals surface area contributed by atoms with Gasteiger partial charge in [-0.2, -0.15) is 0 Å². The molecule has 2 heterocycles. The molecule has 1 fully saturated rings. The molecule has 0 atom stereocenters. The Hall–Kier alpha value is -0.690. The van der Waals surface area contributed by atoms with E-state index in [0.29, 0.717) is 13.2 Å². The highest BCUT2D eigenvalue weighted by atomic mass is 35.5. The normalized spacial score (nSPS) is 18.6. The Morgan fingerprint density at radius 3 is 2.88 bits per heavy atom. The van der Waals surface area contributed by atoms with Gasteiger partial charge in [0, 0.05) is 12.7 Å². The van der Waals surface area contributed by atoms with Gasteiger partial charge in [0.25, 0.3) is 10.0 Å². The Morgan fingerprint density at radius 1 is 1.44 bits per heavy atom. The minimum Gasteiger partial charge on any atom is -0.284 e. The van der Waals surface area contributed by atoms with E-state index in [1.54, 1.807) is 0 Å². The van der Waals surface area contributed by atoms with Crippen LogP contribution in [0, 0.1) is 0 Å². The van der Waals surface area contributed by atoms with Gasteiger partial charge in [-0.3, -0.25) is 4.84 Å². The fourth-order valence-electron chi connectivity index (χ4n) is 1.44. The molecule has 0 aliphatic carbocycles. The van der Waals surface area contributed by atoms with Gasteiger partial charge < -0.3 is 0 Å². The molecule has 5 nitrogen and oxygen atoms in total. The summed E-state index contributed by atoms with van der Waals surface area (Å²) in [4.78, 5) is 8.84. The summed E-state index contributed by atoms with van der Waals surface area (Å²) in [5, 5.41) is -0.0309. The lowest BCUT2D eigenvalue weighted by molar-refractivity contribution is -0.108. The van der Waals surface area contributed by atoms with E-state index in [0.717, 1.165) is 17.3 Å². The second-order valence-electron chi connectivity index (χ2n) is 3.36. The van der Waals surface area contributed by atoms with Crippen molar-refractivity contribution in [3.8, 4) is 0 Å². The zero-order valence-electron chi connectivity index (χ0n) is 8.47. The topological polar surface area (TPSA) is 59.5 Å². The third-order valence-corrected chi connectivity index (χ3v) is 4.36. The summed E-state index contributed by atoms with van der Waals surface area (Å²) in [5.74, 6) is 0. The maximum atomic E-state index is 12.1. The van der Waals surface area contributed by atoms with Crippen LogP contribution in [0.2, 0.25) is 5.15 Å². The fourth-order valence-corrected chi connectivity index (χ4v) is 3.17. The molecule has 2 rings (SSSR count). The van der Waals surface area contributed by atoms with E-state index >= 15 is 0 Å². The van der Waals surface area contributed by atoms with E-state index in [-0.39, 0.29) is 10.0 Å². The maximum absolute atomic E-state index is 12.1. The van der Waals surface area contributed by atoms with Crippen LogP contribution in [0.1, 0.15) is 12.8 Å². The third kappa shape index (κ3) is 2.20. The van der Waals surface area contributed by atoms with Crippen LogP contribution in [0.15, 0.2) is 23.2 Å². The number of halogens is 1. The van der Waals surface area contributed by atoms with E-state index in [1.807, 2.05) is 0 Å². The van der Waals surface area contributed by atoms with Crippen LogP contribution in [-0.2, 0) is 14.9 Å². The van der Waals surface area contributed by atoms with E-state index < -0.39 is 10.0 Å². The lowest BCUT2D eigenvalue weighted by atomic mass is 10.3. The fraction of sp³-hybridized carbons (Fsp3) is 0.444. The number of aromatic nitrogens is 1. The van der Waals surface area contributed by atoms with Crippen molar-refractivity contribution in [3.05, 3.63) is 23.5 Å². The largest absolute Gasteiger partial charge is 0.284 e. The summed E-state index contributed by atoms with van der Waals surface area (Å²) in [7, 11) is -3.68. The zero-order chi connectivity index (χ0) is 11.6. The summed E-state index contributed by atoms with van der Waals surface area (Å²) in [5.41, 5.74) is 0. The number of rotatable bonds is 2. The smallest absolute Gasteiger partial charge is 0.268 e. The highest BCUT2D eigenvalue weighted by Crippen LogP contribution is 2.24. The van der Waals surface area contributed by atoms with Crippen LogP contribution in [0.3, 0.4) is 0 Å². The molecule has 1 aromatic rings. The van der Waals surface area contributed by atoms with Crippen molar-refractivity contribution in [2.75, 3.05) is 13.2 Å². The van der Waals surface area contributed by atoms with Crippen molar-refractivity contribution < 1.29 is 13.3 Å². The van der Waals surface area contributed by atoms with Gasteiger partial charge in [-0.25, -0.2) is 13.4 Å². The first-order valence-corrected chi connectivity index (χ1v) is 6.70. The minimum atomic E-state index is -3.68. The molecule has 0 bridgehead atoms. The molecule has 7 heteroatoms. The lowest BCUT2D eigenvalue weighted by Gasteiger charge is -2.25. The Bertz CT molecular complexity index is 471. The highest BCUT2D eigenvalue weighted by Gasteiger charge is 2.29. The molecule has 1 aromatic heterocycles. The minimum absolute atomic E-state index is 0.0152. The van der Waals surface area contributed by atoms with Crippen molar-refractivity contribution in [3.63, 3.8) is 0 Å². The molecule has 1 saturated heterocycles. The van der Waals surface area contributed by atoms with Crippen LogP contribution in [0.4, 0.5) is 0 Å². The Labute approximate surface area is 99.0 Å². The number of sulfonamides is 1. The van der Waals surface area contributed by atoms with Crippen molar-refractivity contribution in [2.24, 2.45) is 0 Å². The van der Waals surface area contributed by atoms with Gasteiger partial charge in [0.15, 0.2) is 0 Å². The molecule has 0 aromatic carbocycles. The van der Waals surface area contributed by atoms with Crippen molar-refractivity contribution >= 4 is 21.6 Å². The first kappa shape index (κ1) is 11.8. The highest BCUT2D eigenvalue weighted by molar-refractivity contribution is 7.89. The van der Waals surface area contributed by atoms with Gasteiger partial charge in [0.2, 0.25) is 0 Å². The second kappa shape index (κ2) is 4.67. The summed E-state index contributed by atoms with van der Waals surface area (Å²) >= 11 is 5.76. The van der Waals surface area contributed by atoms with Gasteiger partial charge in [-0.05, 0) is 25.0 Å². The number of hydrogen-bond acceptors (Lipinski definition) is 4. The SMILES string of the molecule is O=S(=O)(c1cccnc1Cl)N1CCCCO1. The molecule has 0 radical (unpaired) electrons. The van der Waals surface area contributed by atoms with Crippen molar-refractivity contribution in [2.45, 2.75) is 17.7 Å². The Kier molecular flexibility index (Phi) is 3.44. The maximum Gasteiger partial charge on any atom is 0.268 e. The van der Waals surface area contributed by atoms with E-state index in [1.165, 1.54) is 18.3 Å². The number of nitrogens with zero attached hydrogens (tertiary/aromatic N) is 2. The second-order valence-corrected chi connectivity index (χ2v) is 5.52. The van der Waals surface area contributed by atoms with Gasteiger partial charge in [0.1, 0.15) is 10.0 Å². The summed E-state index contributed by atoms with van der Waals surface area (Å²) in [6.07, 6.45) is 3.10. The van der Waals surface area contributed by atoms with Crippen LogP contribution in [-0.4, -0.2) is 31.0 Å². The number of hydroxylamine groups is 1. The van der Waals surface area contributed by atoms with Crippen LogP contribution in [0.25, 0.3) is 0 Å². The van der Waals surface area contributed by atoms with Crippen LogP contribution in [0.5, 0.6) is 0 Å². The summed E-state index contributed by atoms with van der Waals surface area (Å²) in [6.45, 7) is 0.769. The van der Waals surface area contributed by atoms with E-state index in [2.05, 4.69) is 4.98 Å². The average molecular weight is 263 g/mol.